The van der Waals surface area contributed by atoms with Crippen LogP contribution < -0.4 is 5.43 Å². The van der Waals surface area contributed by atoms with Crippen LogP contribution in [-0.2, 0) is 10.5 Å². The first-order valence-electron chi connectivity index (χ1n) is 8.40. The SMILES string of the molecule is O=C(CSc1nnc(SCc2ccccc2)s1)N/N=C\c1cc([N+](=O)[O-])ccc1Cl. The van der Waals surface area contributed by atoms with Crippen molar-refractivity contribution < 1.29 is 9.72 Å². The zero-order valence-corrected chi connectivity index (χ0v) is 18.4. The molecule has 0 fully saturated rings. The van der Waals surface area contributed by atoms with Crippen LogP contribution in [0.25, 0.3) is 0 Å². The van der Waals surface area contributed by atoms with Gasteiger partial charge in [-0.15, -0.1) is 10.2 Å². The minimum atomic E-state index is -0.530. The second-order valence-corrected chi connectivity index (χ2v) is 9.48. The van der Waals surface area contributed by atoms with E-state index in [0.717, 1.165) is 10.1 Å². The van der Waals surface area contributed by atoms with Crippen LogP contribution in [0.2, 0.25) is 5.02 Å². The minimum absolute atomic E-state index is 0.109. The van der Waals surface area contributed by atoms with Gasteiger partial charge < -0.3 is 0 Å². The third-order valence-corrected chi connectivity index (χ3v) is 7.11. The number of amides is 1. The average Bonchev–Trinajstić information content (AvgIpc) is 3.20. The van der Waals surface area contributed by atoms with E-state index >= 15 is 0 Å². The Hall–Kier alpha value is -2.47. The van der Waals surface area contributed by atoms with Gasteiger partial charge in [-0.2, -0.15) is 5.10 Å². The lowest BCUT2D eigenvalue weighted by Gasteiger charge is -1.99. The van der Waals surface area contributed by atoms with Crippen LogP contribution in [0, 0.1) is 10.1 Å². The predicted octanol–water partition coefficient (Wildman–Crippen LogP) is 4.63. The van der Waals surface area contributed by atoms with Crippen molar-refractivity contribution in [2.75, 3.05) is 5.75 Å². The van der Waals surface area contributed by atoms with E-state index in [9.17, 15) is 14.9 Å². The summed E-state index contributed by atoms with van der Waals surface area (Å²) < 4.78 is 1.52. The molecule has 8 nitrogen and oxygen atoms in total. The number of thioether (sulfide) groups is 2. The molecule has 0 spiro atoms. The van der Waals surface area contributed by atoms with Crippen molar-refractivity contribution in [2.24, 2.45) is 5.10 Å². The van der Waals surface area contributed by atoms with Crippen molar-refractivity contribution in [1.82, 2.24) is 15.6 Å². The van der Waals surface area contributed by atoms with Gasteiger partial charge in [0.15, 0.2) is 8.68 Å². The van der Waals surface area contributed by atoms with E-state index in [1.165, 1.54) is 53.1 Å². The molecule has 0 aliphatic rings. The number of carbonyl (C=O) groups is 1. The summed E-state index contributed by atoms with van der Waals surface area (Å²) >= 11 is 10.3. The summed E-state index contributed by atoms with van der Waals surface area (Å²) in [6.45, 7) is 0. The molecule has 1 aromatic heterocycles. The fourth-order valence-corrected chi connectivity index (χ4v) is 5.04. The molecule has 154 valence electrons. The van der Waals surface area contributed by atoms with Gasteiger partial charge in [-0.05, 0) is 11.6 Å². The highest BCUT2D eigenvalue weighted by Gasteiger charge is 2.10. The molecule has 0 atom stereocenters. The van der Waals surface area contributed by atoms with Crippen LogP contribution in [0.1, 0.15) is 11.1 Å². The van der Waals surface area contributed by atoms with E-state index in [2.05, 4.69) is 32.9 Å². The van der Waals surface area contributed by atoms with E-state index in [-0.39, 0.29) is 17.3 Å². The topological polar surface area (TPSA) is 110 Å². The number of hydrogen-bond acceptors (Lipinski definition) is 9. The molecule has 12 heteroatoms. The number of benzene rings is 2. The fraction of sp³-hybridized carbons (Fsp3) is 0.111. The van der Waals surface area contributed by atoms with Crippen LogP contribution in [0.3, 0.4) is 0 Å². The summed E-state index contributed by atoms with van der Waals surface area (Å²) in [5.74, 6) is 0.569. The number of hydrazone groups is 1. The highest BCUT2D eigenvalue weighted by atomic mass is 35.5. The zero-order valence-electron chi connectivity index (χ0n) is 15.2. The van der Waals surface area contributed by atoms with Crippen molar-refractivity contribution in [3.63, 3.8) is 0 Å². The number of hydrogen-bond donors (Lipinski definition) is 1. The van der Waals surface area contributed by atoms with Gasteiger partial charge in [0.25, 0.3) is 11.6 Å². The van der Waals surface area contributed by atoms with Gasteiger partial charge in [0.1, 0.15) is 0 Å². The summed E-state index contributed by atoms with van der Waals surface area (Å²) in [6, 6.07) is 14.0. The minimum Gasteiger partial charge on any atom is -0.272 e. The molecule has 0 aliphatic heterocycles. The van der Waals surface area contributed by atoms with E-state index < -0.39 is 4.92 Å². The Bertz CT molecular complexity index is 1060. The highest BCUT2D eigenvalue weighted by molar-refractivity contribution is 8.03. The second-order valence-electron chi connectivity index (χ2n) is 5.65. The highest BCUT2D eigenvalue weighted by Crippen LogP contribution is 2.30. The summed E-state index contributed by atoms with van der Waals surface area (Å²) in [4.78, 5) is 22.2. The smallest absolute Gasteiger partial charge is 0.270 e. The third kappa shape index (κ3) is 6.80. The number of non-ortho nitro benzene ring substituents is 1. The first-order chi connectivity index (χ1) is 14.5. The Balaban J connectivity index is 1.45. The molecule has 1 N–H and O–H groups in total. The largest absolute Gasteiger partial charge is 0.272 e. The molecule has 3 rings (SSSR count). The van der Waals surface area contributed by atoms with Crippen molar-refractivity contribution in [3.05, 3.63) is 74.8 Å². The lowest BCUT2D eigenvalue weighted by Crippen LogP contribution is -2.19. The summed E-state index contributed by atoms with van der Waals surface area (Å²) in [5, 5.41) is 23.1. The molecule has 2 aromatic carbocycles. The van der Waals surface area contributed by atoms with E-state index in [1.807, 2.05) is 18.2 Å². The Kier molecular flexibility index (Phi) is 8.20. The quantitative estimate of drug-likeness (QED) is 0.206. The van der Waals surface area contributed by atoms with Crippen molar-refractivity contribution in [2.45, 2.75) is 14.4 Å². The van der Waals surface area contributed by atoms with E-state index in [4.69, 9.17) is 11.6 Å². The van der Waals surface area contributed by atoms with E-state index in [1.54, 1.807) is 11.8 Å². The van der Waals surface area contributed by atoms with Crippen molar-refractivity contribution >= 4 is 64.3 Å². The van der Waals surface area contributed by atoms with Gasteiger partial charge in [-0.3, -0.25) is 14.9 Å². The first-order valence-corrected chi connectivity index (χ1v) is 11.6. The van der Waals surface area contributed by atoms with Gasteiger partial charge in [-0.25, -0.2) is 5.43 Å². The number of halogens is 1. The van der Waals surface area contributed by atoms with Crippen molar-refractivity contribution in [3.8, 4) is 0 Å². The van der Waals surface area contributed by atoms with Gasteiger partial charge in [0, 0.05) is 28.5 Å². The number of nitro groups is 1. The fourth-order valence-electron chi connectivity index (χ4n) is 2.11. The maximum atomic E-state index is 11.9. The monoisotopic (exact) mass is 479 g/mol. The van der Waals surface area contributed by atoms with Gasteiger partial charge in [0.05, 0.1) is 16.9 Å². The number of nitrogens with one attached hydrogen (secondary N) is 1. The lowest BCUT2D eigenvalue weighted by molar-refractivity contribution is -0.384. The molecular weight excluding hydrogens is 466 g/mol. The maximum absolute atomic E-state index is 11.9. The molecule has 0 radical (unpaired) electrons. The number of carbonyl (C=O) groups excluding carboxylic acids is 1. The standard InChI is InChI=1S/C18H14ClN5O3S3/c19-15-7-6-14(24(26)27)8-13(15)9-20-21-16(25)11-29-18-23-22-17(30-18)28-10-12-4-2-1-3-5-12/h1-9H,10-11H2,(H,21,25)/b20-9-. The molecule has 3 aromatic rings. The molecule has 0 bridgehead atoms. The number of aromatic nitrogens is 2. The molecule has 0 aliphatic carbocycles. The van der Waals surface area contributed by atoms with Crippen LogP contribution in [0.4, 0.5) is 5.69 Å². The molecule has 30 heavy (non-hydrogen) atoms. The second kappa shape index (κ2) is 11.1. The maximum Gasteiger partial charge on any atom is 0.270 e. The Morgan fingerprint density at radius 1 is 1.20 bits per heavy atom. The van der Waals surface area contributed by atoms with Crippen LogP contribution in [0.5, 0.6) is 0 Å². The third-order valence-electron chi connectivity index (χ3n) is 3.50. The number of rotatable bonds is 9. The first kappa shape index (κ1) is 22.2. The Morgan fingerprint density at radius 2 is 1.93 bits per heavy atom. The van der Waals surface area contributed by atoms with Gasteiger partial charge in [0.2, 0.25) is 0 Å². The summed E-state index contributed by atoms with van der Waals surface area (Å²) in [6.07, 6.45) is 1.27. The average molecular weight is 480 g/mol. The normalized spacial score (nSPS) is 11.0. The molecule has 0 unspecified atom stereocenters. The van der Waals surface area contributed by atoms with Crippen LogP contribution in [-0.4, -0.2) is 33.0 Å². The molecule has 0 saturated carbocycles. The Labute approximate surface area is 189 Å². The summed E-state index contributed by atoms with van der Waals surface area (Å²) in [5.41, 5.74) is 3.79. The van der Waals surface area contributed by atoms with Gasteiger partial charge in [-0.1, -0.05) is 76.8 Å². The van der Waals surface area contributed by atoms with Gasteiger partial charge >= 0.3 is 0 Å². The van der Waals surface area contributed by atoms with Crippen molar-refractivity contribution in [1.29, 1.82) is 0 Å². The zero-order chi connectivity index (χ0) is 21.3. The Morgan fingerprint density at radius 3 is 2.67 bits per heavy atom. The number of nitro benzene ring substituents is 1. The lowest BCUT2D eigenvalue weighted by atomic mass is 10.2. The molecule has 1 amide bonds. The molecular formula is C18H14ClN5O3S3. The van der Waals surface area contributed by atoms with E-state index in [0.29, 0.717) is 14.9 Å². The molecule has 1 heterocycles. The number of nitrogens with zero attached hydrogens (tertiary/aromatic N) is 4. The molecule has 0 saturated heterocycles. The van der Waals surface area contributed by atoms with Crippen LogP contribution >= 0.6 is 46.5 Å². The predicted molar refractivity (Wildman–Crippen MR) is 120 cm³/mol. The summed E-state index contributed by atoms with van der Waals surface area (Å²) in [7, 11) is 0. The van der Waals surface area contributed by atoms with Crippen LogP contribution in [0.15, 0.2) is 62.3 Å².